The molecule has 1 aliphatic rings. The average molecular weight is 362 g/mol. The number of methoxy groups -OCH3 is 1. The van der Waals surface area contributed by atoms with E-state index in [-0.39, 0.29) is 5.91 Å². The Bertz CT molecular complexity index is 745. The molecular formula is C17H20ClN5O2. The number of likely N-dealkylation sites (N-methyl/N-ethyl adjacent to an activating group) is 1. The predicted octanol–water partition coefficient (Wildman–Crippen LogP) is 2.27. The summed E-state index contributed by atoms with van der Waals surface area (Å²) in [6.07, 6.45) is 3.02. The maximum absolute atomic E-state index is 12.5. The Morgan fingerprint density at radius 1 is 1.20 bits per heavy atom. The number of carbonyl (C=O) groups excluding carboxylic acids is 1. The number of halogens is 1. The topological polar surface area (TPSA) is 70.6 Å². The van der Waals surface area contributed by atoms with Crippen LogP contribution in [0.2, 0.25) is 5.02 Å². The van der Waals surface area contributed by atoms with Crippen LogP contribution in [0.15, 0.2) is 30.6 Å². The van der Waals surface area contributed by atoms with E-state index in [1.54, 1.807) is 30.2 Å². The van der Waals surface area contributed by atoms with Crippen molar-refractivity contribution in [2.24, 2.45) is 0 Å². The second kappa shape index (κ2) is 7.67. The fraction of sp³-hybridized carbons (Fsp3) is 0.353. The minimum Gasteiger partial charge on any atom is -0.495 e. The Kier molecular flexibility index (Phi) is 5.35. The molecule has 2 heterocycles. The van der Waals surface area contributed by atoms with E-state index in [1.165, 1.54) is 12.4 Å². The average Bonchev–Trinajstić information content (AvgIpc) is 2.63. The van der Waals surface area contributed by atoms with Gasteiger partial charge in [-0.3, -0.25) is 4.79 Å². The van der Waals surface area contributed by atoms with E-state index in [2.05, 4.69) is 20.2 Å². The third-order valence-electron chi connectivity index (χ3n) is 4.09. The minimum absolute atomic E-state index is 0.0903. The summed E-state index contributed by atoms with van der Waals surface area (Å²) in [5.41, 5.74) is 1.02. The number of piperazine rings is 1. The molecule has 7 nitrogen and oxygen atoms in total. The molecule has 1 aromatic carbocycles. The SMILES string of the molecule is COc1ccc(Cl)cc1Nc1cnc(C(=O)N2CCN(C)CC2)cn1. The zero-order chi connectivity index (χ0) is 17.8. The number of rotatable bonds is 4. The van der Waals surface area contributed by atoms with Crippen molar-refractivity contribution in [3.63, 3.8) is 0 Å². The molecule has 1 saturated heterocycles. The Morgan fingerprint density at radius 2 is 1.96 bits per heavy atom. The van der Waals surface area contributed by atoms with Crippen LogP contribution in [-0.2, 0) is 0 Å². The van der Waals surface area contributed by atoms with Gasteiger partial charge in [-0.15, -0.1) is 0 Å². The van der Waals surface area contributed by atoms with Crippen molar-refractivity contribution in [3.8, 4) is 5.75 Å². The lowest BCUT2D eigenvalue weighted by Gasteiger charge is -2.32. The van der Waals surface area contributed by atoms with Crippen molar-refractivity contribution in [2.45, 2.75) is 0 Å². The van der Waals surface area contributed by atoms with Gasteiger partial charge in [-0.2, -0.15) is 0 Å². The highest BCUT2D eigenvalue weighted by molar-refractivity contribution is 6.31. The van der Waals surface area contributed by atoms with E-state index in [9.17, 15) is 4.79 Å². The number of benzene rings is 1. The van der Waals surface area contributed by atoms with Gasteiger partial charge in [0.1, 0.15) is 17.3 Å². The first-order valence-electron chi connectivity index (χ1n) is 7.97. The summed E-state index contributed by atoms with van der Waals surface area (Å²) < 4.78 is 5.29. The first-order valence-corrected chi connectivity index (χ1v) is 8.35. The second-order valence-electron chi connectivity index (χ2n) is 5.85. The molecule has 1 aromatic heterocycles. The van der Waals surface area contributed by atoms with Crippen LogP contribution in [0.4, 0.5) is 11.5 Å². The maximum Gasteiger partial charge on any atom is 0.274 e. The van der Waals surface area contributed by atoms with Crippen LogP contribution in [0.5, 0.6) is 5.75 Å². The van der Waals surface area contributed by atoms with Gasteiger partial charge in [0.25, 0.3) is 5.91 Å². The molecule has 3 rings (SSSR count). The standard InChI is InChI=1S/C17H20ClN5O2/c1-22-5-7-23(8-6-22)17(24)14-10-20-16(11-19-14)21-13-9-12(18)3-4-15(13)25-2/h3-4,9-11H,5-8H2,1-2H3,(H,20,21). The molecule has 1 aliphatic heterocycles. The van der Waals surface area contributed by atoms with E-state index in [0.29, 0.717) is 41.1 Å². The molecule has 1 fully saturated rings. The Hall–Kier alpha value is -2.38. The normalized spacial score (nSPS) is 15.1. The van der Waals surface area contributed by atoms with Gasteiger partial charge in [0.05, 0.1) is 25.2 Å². The molecule has 0 saturated carbocycles. The summed E-state index contributed by atoms with van der Waals surface area (Å²) in [4.78, 5) is 25.0. The summed E-state index contributed by atoms with van der Waals surface area (Å²) in [5.74, 6) is 1.06. The number of nitrogens with one attached hydrogen (secondary N) is 1. The van der Waals surface area contributed by atoms with Gasteiger partial charge in [-0.1, -0.05) is 11.6 Å². The second-order valence-corrected chi connectivity index (χ2v) is 6.29. The first kappa shape index (κ1) is 17.4. The smallest absolute Gasteiger partial charge is 0.274 e. The Balaban J connectivity index is 1.70. The van der Waals surface area contributed by atoms with Gasteiger partial charge in [-0.05, 0) is 25.2 Å². The highest BCUT2D eigenvalue weighted by Gasteiger charge is 2.21. The lowest BCUT2D eigenvalue weighted by molar-refractivity contribution is 0.0658. The molecular weight excluding hydrogens is 342 g/mol. The van der Waals surface area contributed by atoms with Crippen molar-refractivity contribution >= 4 is 29.0 Å². The van der Waals surface area contributed by atoms with Crippen molar-refractivity contribution in [3.05, 3.63) is 41.3 Å². The Labute approximate surface area is 151 Å². The largest absolute Gasteiger partial charge is 0.495 e. The third kappa shape index (κ3) is 4.18. The van der Waals surface area contributed by atoms with Gasteiger partial charge in [-0.25, -0.2) is 9.97 Å². The molecule has 132 valence electrons. The van der Waals surface area contributed by atoms with Crippen LogP contribution >= 0.6 is 11.6 Å². The monoisotopic (exact) mass is 361 g/mol. The molecule has 0 bridgehead atoms. The van der Waals surface area contributed by atoms with Crippen molar-refractivity contribution in [1.29, 1.82) is 0 Å². The lowest BCUT2D eigenvalue weighted by atomic mass is 10.3. The highest BCUT2D eigenvalue weighted by Crippen LogP contribution is 2.29. The minimum atomic E-state index is -0.0903. The lowest BCUT2D eigenvalue weighted by Crippen LogP contribution is -2.47. The molecule has 2 aromatic rings. The van der Waals surface area contributed by atoms with E-state index < -0.39 is 0 Å². The van der Waals surface area contributed by atoms with Gasteiger partial charge < -0.3 is 19.9 Å². The summed E-state index contributed by atoms with van der Waals surface area (Å²) in [6, 6.07) is 5.25. The number of aromatic nitrogens is 2. The number of hydrogen-bond donors (Lipinski definition) is 1. The van der Waals surface area contributed by atoms with E-state index >= 15 is 0 Å². The summed E-state index contributed by atoms with van der Waals surface area (Å²) in [7, 11) is 3.63. The molecule has 1 amide bonds. The van der Waals surface area contributed by atoms with Gasteiger partial charge in [0.2, 0.25) is 0 Å². The molecule has 0 aliphatic carbocycles. The molecule has 0 radical (unpaired) electrons. The number of nitrogens with zero attached hydrogens (tertiary/aromatic N) is 4. The van der Waals surface area contributed by atoms with E-state index in [4.69, 9.17) is 16.3 Å². The summed E-state index contributed by atoms with van der Waals surface area (Å²) >= 11 is 6.02. The zero-order valence-electron chi connectivity index (χ0n) is 14.2. The highest BCUT2D eigenvalue weighted by atomic mass is 35.5. The van der Waals surface area contributed by atoms with Crippen LogP contribution in [0.25, 0.3) is 0 Å². The fourth-order valence-electron chi connectivity index (χ4n) is 2.59. The summed E-state index contributed by atoms with van der Waals surface area (Å²) in [6.45, 7) is 3.15. The van der Waals surface area contributed by atoms with Crippen LogP contribution in [0, 0.1) is 0 Å². The van der Waals surface area contributed by atoms with Gasteiger partial charge in [0, 0.05) is 31.2 Å². The molecule has 1 N–H and O–H groups in total. The predicted molar refractivity (Wildman–Crippen MR) is 96.7 cm³/mol. The molecule has 0 spiro atoms. The molecule has 8 heteroatoms. The Morgan fingerprint density at radius 3 is 2.60 bits per heavy atom. The number of anilines is 2. The van der Waals surface area contributed by atoms with Crippen LogP contribution in [0.3, 0.4) is 0 Å². The number of hydrogen-bond acceptors (Lipinski definition) is 6. The maximum atomic E-state index is 12.5. The number of amides is 1. The number of ether oxygens (including phenoxy) is 1. The van der Waals surface area contributed by atoms with Crippen LogP contribution < -0.4 is 10.1 Å². The zero-order valence-corrected chi connectivity index (χ0v) is 15.0. The molecule has 0 atom stereocenters. The summed E-state index contributed by atoms with van der Waals surface area (Å²) in [5, 5.41) is 3.68. The first-order chi connectivity index (χ1) is 12.1. The van der Waals surface area contributed by atoms with Crippen LogP contribution in [0.1, 0.15) is 10.5 Å². The van der Waals surface area contributed by atoms with E-state index in [0.717, 1.165) is 13.1 Å². The van der Waals surface area contributed by atoms with E-state index in [1.807, 2.05) is 7.05 Å². The van der Waals surface area contributed by atoms with Gasteiger partial charge >= 0.3 is 0 Å². The number of carbonyl (C=O) groups is 1. The quantitative estimate of drug-likeness (QED) is 0.900. The van der Waals surface area contributed by atoms with Crippen LogP contribution in [-0.4, -0.2) is 66.0 Å². The fourth-order valence-corrected chi connectivity index (χ4v) is 2.76. The van der Waals surface area contributed by atoms with Crippen molar-refractivity contribution in [1.82, 2.24) is 19.8 Å². The van der Waals surface area contributed by atoms with Gasteiger partial charge in [0.15, 0.2) is 0 Å². The molecule has 25 heavy (non-hydrogen) atoms. The molecule has 0 unspecified atom stereocenters. The van der Waals surface area contributed by atoms with Crippen molar-refractivity contribution < 1.29 is 9.53 Å². The third-order valence-corrected chi connectivity index (χ3v) is 4.32. The van der Waals surface area contributed by atoms with Crippen molar-refractivity contribution in [2.75, 3.05) is 45.7 Å².